The second kappa shape index (κ2) is 29.8. The molecule has 2 heterocycles. The summed E-state index contributed by atoms with van der Waals surface area (Å²) in [5, 5.41) is 21.5. The Morgan fingerprint density at radius 3 is 1.62 bits per heavy atom. The molecule has 0 radical (unpaired) electrons. The zero-order valence-corrected chi connectivity index (χ0v) is 32.4. The molecule has 2 rings (SSSR count). The van der Waals surface area contributed by atoms with Crippen LogP contribution in [0.5, 0.6) is 0 Å². The molecule has 0 aromatic carbocycles. The van der Waals surface area contributed by atoms with Crippen molar-refractivity contribution in [1.82, 2.24) is 25.6 Å². The zero-order valence-electron chi connectivity index (χ0n) is 31.6. The minimum Gasteiger partial charge on any atom is -0.480 e. The van der Waals surface area contributed by atoms with E-state index in [0.717, 1.165) is 24.8 Å². The SMILES string of the molecule is CC(C)(C)CCOCCOCCOCCOCCOCCOCCOCCOCCOCCn1cc(CNC(=O)CC2SCC(C(=O)O)NC2=O)nn1. The summed E-state index contributed by atoms with van der Waals surface area (Å²) in [6, 6.07) is -0.931. The van der Waals surface area contributed by atoms with Crippen molar-refractivity contribution in [1.29, 1.82) is 0 Å². The number of amides is 2. The van der Waals surface area contributed by atoms with Crippen LogP contribution in [0.25, 0.3) is 0 Å². The summed E-state index contributed by atoms with van der Waals surface area (Å²) < 4.78 is 51.2. The lowest BCUT2D eigenvalue weighted by molar-refractivity contribution is -0.141. The summed E-state index contributed by atoms with van der Waals surface area (Å²) in [6.07, 6.45) is 2.69. The van der Waals surface area contributed by atoms with Crippen molar-refractivity contribution in [2.75, 3.05) is 125 Å². The largest absolute Gasteiger partial charge is 0.480 e. The molecule has 1 aliphatic heterocycles. The van der Waals surface area contributed by atoms with Gasteiger partial charge in [-0.2, -0.15) is 0 Å². The van der Waals surface area contributed by atoms with Crippen molar-refractivity contribution >= 4 is 29.5 Å². The summed E-state index contributed by atoms with van der Waals surface area (Å²) in [5.41, 5.74) is 0.854. The number of rotatable bonds is 34. The molecule has 53 heavy (non-hydrogen) atoms. The molecule has 1 fully saturated rings. The molecular weight excluding hydrogens is 718 g/mol. The van der Waals surface area contributed by atoms with Crippen LogP contribution in [0.15, 0.2) is 6.20 Å². The fourth-order valence-electron chi connectivity index (χ4n) is 4.24. The highest BCUT2D eigenvalue weighted by Crippen LogP contribution is 2.21. The van der Waals surface area contributed by atoms with Gasteiger partial charge in [-0.25, -0.2) is 9.48 Å². The van der Waals surface area contributed by atoms with E-state index in [0.29, 0.717) is 130 Å². The Morgan fingerprint density at radius 1 is 0.774 bits per heavy atom. The molecule has 2 unspecified atom stereocenters. The first kappa shape index (κ1) is 46.7. The van der Waals surface area contributed by atoms with E-state index in [1.54, 1.807) is 10.9 Å². The van der Waals surface area contributed by atoms with Crippen LogP contribution in [0.1, 0.15) is 39.3 Å². The number of aliphatic carboxylic acids is 1. The van der Waals surface area contributed by atoms with E-state index < -0.39 is 23.2 Å². The second-order valence-electron chi connectivity index (χ2n) is 13.0. The fraction of sp³-hybridized carbons (Fsp3) is 0.853. The summed E-state index contributed by atoms with van der Waals surface area (Å²) in [5.74, 6) is -1.66. The van der Waals surface area contributed by atoms with Gasteiger partial charge in [0, 0.05) is 18.8 Å². The average molecular weight is 780 g/mol. The molecule has 2 amide bonds. The highest BCUT2D eigenvalue weighted by molar-refractivity contribution is 8.00. The number of ether oxygens (including phenoxy) is 9. The highest BCUT2D eigenvalue weighted by Gasteiger charge is 2.33. The quantitative estimate of drug-likeness (QED) is 0.0817. The predicted molar refractivity (Wildman–Crippen MR) is 194 cm³/mol. The Balaban J connectivity index is 1.25. The van der Waals surface area contributed by atoms with Crippen LogP contribution in [0.3, 0.4) is 0 Å². The Kier molecular flexibility index (Phi) is 26.3. The Bertz CT molecular complexity index is 1110. The Morgan fingerprint density at radius 2 is 1.21 bits per heavy atom. The van der Waals surface area contributed by atoms with Crippen LogP contribution >= 0.6 is 11.8 Å². The van der Waals surface area contributed by atoms with Crippen molar-refractivity contribution in [3.05, 3.63) is 11.9 Å². The number of nitrogens with zero attached hydrogens (tertiary/aromatic N) is 3. The number of carboxylic acid groups (broad SMARTS) is 1. The predicted octanol–water partition coefficient (Wildman–Crippen LogP) is 0.555. The second-order valence-corrected chi connectivity index (χ2v) is 14.2. The van der Waals surface area contributed by atoms with Gasteiger partial charge in [0.2, 0.25) is 11.8 Å². The summed E-state index contributed by atoms with van der Waals surface area (Å²) in [6.45, 7) is 16.3. The molecule has 2 atom stereocenters. The maximum absolute atomic E-state index is 12.2. The van der Waals surface area contributed by atoms with Gasteiger partial charge in [0.05, 0.1) is 137 Å². The van der Waals surface area contributed by atoms with Crippen molar-refractivity contribution < 1.29 is 62.1 Å². The highest BCUT2D eigenvalue weighted by atomic mass is 32.2. The monoisotopic (exact) mass is 779 g/mol. The lowest BCUT2D eigenvalue weighted by Crippen LogP contribution is -2.51. The van der Waals surface area contributed by atoms with E-state index in [9.17, 15) is 14.4 Å². The molecule has 0 spiro atoms. The average Bonchev–Trinajstić information content (AvgIpc) is 3.58. The molecular formula is C34H61N5O13S. The van der Waals surface area contributed by atoms with Gasteiger partial charge in [-0.05, 0) is 11.8 Å². The van der Waals surface area contributed by atoms with E-state index >= 15 is 0 Å². The minimum atomic E-state index is -1.09. The topological polar surface area (TPSA) is 209 Å². The van der Waals surface area contributed by atoms with Crippen molar-refractivity contribution in [2.24, 2.45) is 5.41 Å². The molecule has 1 saturated heterocycles. The molecule has 0 aliphatic carbocycles. The lowest BCUT2D eigenvalue weighted by Gasteiger charge is -2.25. The number of carbonyl (C=O) groups excluding carboxylic acids is 2. The molecule has 18 nitrogen and oxygen atoms in total. The standard InChI is InChI=1S/C34H61N5O13S/c1-34(2,3)4-6-44-8-10-46-12-14-48-16-18-50-20-22-52-23-21-51-19-17-49-15-13-47-11-9-45-7-5-39-26-28(37-38-39)25-35-31(40)24-30-32(41)36-29(27-53-30)33(42)43/h26,29-30H,4-25,27H2,1-3H3,(H,35,40)(H,36,41)(H,42,43). The van der Waals surface area contributed by atoms with Crippen molar-refractivity contribution in [3.8, 4) is 0 Å². The number of aromatic nitrogens is 3. The van der Waals surface area contributed by atoms with Gasteiger partial charge in [0.25, 0.3) is 0 Å². The summed E-state index contributed by atoms with van der Waals surface area (Å²) >= 11 is 1.16. The maximum atomic E-state index is 12.2. The molecule has 19 heteroatoms. The van der Waals surface area contributed by atoms with Crippen molar-refractivity contribution in [3.63, 3.8) is 0 Å². The number of nitrogens with one attached hydrogen (secondary N) is 2. The van der Waals surface area contributed by atoms with Crippen LogP contribution in [-0.2, 0) is 70.1 Å². The van der Waals surface area contributed by atoms with Crippen molar-refractivity contribution in [2.45, 2.75) is 58.0 Å². The van der Waals surface area contributed by atoms with Gasteiger partial charge in [0.15, 0.2) is 0 Å². The molecule has 0 saturated carbocycles. The molecule has 306 valence electrons. The van der Waals surface area contributed by atoms with E-state index in [-0.39, 0.29) is 24.6 Å². The third-order valence-electron chi connectivity index (χ3n) is 7.23. The number of thioether (sulfide) groups is 1. The van der Waals surface area contributed by atoms with E-state index in [1.165, 1.54) is 0 Å². The van der Waals surface area contributed by atoms with E-state index in [1.807, 2.05) is 0 Å². The molecule has 1 aromatic rings. The van der Waals surface area contributed by atoms with Gasteiger partial charge in [0.1, 0.15) is 11.7 Å². The lowest BCUT2D eigenvalue weighted by atomic mass is 9.93. The van der Waals surface area contributed by atoms with Gasteiger partial charge in [-0.3, -0.25) is 9.59 Å². The Labute approximate surface area is 316 Å². The molecule has 0 bridgehead atoms. The first-order valence-electron chi connectivity index (χ1n) is 18.1. The van der Waals surface area contributed by atoms with Crippen LogP contribution in [0, 0.1) is 5.41 Å². The molecule has 1 aromatic heterocycles. The smallest absolute Gasteiger partial charge is 0.327 e. The van der Waals surface area contributed by atoms with Crippen LogP contribution in [-0.4, -0.2) is 174 Å². The number of carboxylic acids is 1. The number of hydrogen-bond donors (Lipinski definition) is 3. The Hall–Kier alpha value is -2.46. The molecule has 3 N–H and O–H groups in total. The third-order valence-corrected chi connectivity index (χ3v) is 8.54. The normalized spacial score (nSPS) is 16.2. The first-order valence-corrected chi connectivity index (χ1v) is 19.2. The number of hydrogen-bond acceptors (Lipinski definition) is 15. The first-order chi connectivity index (χ1) is 25.6. The van der Waals surface area contributed by atoms with E-state index in [2.05, 4.69) is 41.7 Å². The number of carbonyl (C=O) groups is 3. The zero-order chi connectivity index (χ0) is 38.4. The molecule has 1 aliphatic rings. The fourth-order valence-corrected chi connectivity index (χ4v) is 5.37. The summed E-state index contributed by atoms with van der Waals surface area (Å²) in [7, 11) is 0. The van der Waals surface area contributed by atoms with Gasteiger partial charge >= 0.3 is 5.97 Å². The third kappa shape index (κ3) is 26.1. The van der Waals surface area contributed by atoms with Gasteiger partial charge in [-0.15, -0.1) is 16.9 Å². The maximum Gasteiger partial charge on any atom is 0.327 e. The van der Waals surface area contributed by atoms with Crippen LogP contribution in [0.4, 0.5) is 0 Å². The van der Waals surface area contributed by atoms with Gasteiger partial charge in [-0.1, -0.05) is 26.0 Å². The van der Waals surface area contributed by atoms with Crippen LogP contribution in [0.2, 0.25) is 0 Å². The van der Waals surface area contributed by atoms with Crippen LogP contribution < -0.4 is 10.6 Å². The summed E-state index contributed by atoms with van der Waals surface area (Å²) in [4.78, 5) is 35.3. The van der Waals surface area contributed by atoms with E-state index in [4.69, 9.17) is 47.7 Å². The van der Waals surface area contributed by atoms with Gasteiger partial charge < -0.3 is 58.4 Å². The minimum absolute atomic E-state index is 0.0488.